The Morgan fingerprint density at radius 3 is 1.52 bits per heavy atom. The maximum Gasteiger partial charge on any atom is 0.243 e. The van der Waals surface area contributed by atoms with E-state index in [1.54, 1.807) is 0 Å². The molecule has 0 aliphatic carbocycles. The van der Waals surface area contributed by atoms with Crippen molar-refractivity contribution in [3.63, 3.8) is 0 Å². The summed E-state index contributed by atoms with van der Waals surface area (Å²) in [6.07, 6.45) is -1.75. The predicted molar refractivity (Wildman–Crippen MR) is 223 cm³/mol. The summed E-state index contributed by atoms with van der Waals surface area (Å²) in [5, 5.41) is 38.7. The van der Waals surface area contributed by atoms with Crippen LogP contribution in [0.2, 0.25) is 0 Å². The standard InChI is InChI=1S/C41H79N7O10/c1-12-28(10)38(48-40(55)37(27(8)9)47-35(52)21-26(6)7)41(56)46-31(20-25(4)5)33(50)23-36(53)44-29(11)39(54)45-30(19-24(2)3)32(49)22-34(51)43-14-16-58-18-17-57-15-13-42/h24-33,37-38,49-50H,12-23,42H2,1-11H3,(H,43,51)(H,44,53)(H,45,54)(H,46,56)(H,47,52)(H,48,55). The van der Waals surface area contributed by atoms with Gasteiger partial charge in [-0.1, -0.05) is 75.7 Å². The van der Waals surface area contributed by atoms with Crippen LogP contribution in [-0.2, 0) is 38.2 Å². The van der Waals surface area contributed by atoms with E-state index in [4.69, 9.17) is 15.2 Å². The monoisotopic (exact) mass is 830 g/mol. The molecule has 58 heavy (non-hydrogen) atoms. The summed E-state index contributed by atoms with van der Waals surface area (Å²) in [5.74, 6) is -3.30. The van der Waals surface area contributed by atoms with Crippen LogP contribution in [0.15, 0.2) is 0 Å². The van der Waals surface area contributed by atoms with E-state index >= 15 is 0 Å². The van der Waals surface area contributed by atoms with Crippen LogP contribution in [0.3, 0.4) is 0 Å². The van der Waals surface area contributed by atoms with Crippen molar-refractivity contribution in [2.45, 2.75) is 157 Å². The quantitative estimate of drug-likeness (QED) is 0.0443. The highest BCUT2D eigenvalue weighted by molar-refractivity contribution is 5.92. The number of hydrogen-bond acceptors (Lipinski definition) is 11. The van der Waals surface area contributed by atoms with Gasteiger partial charge in [-0.2, -0.15) is 0 Å². The van der Waals surface area contributed by atoms with E-state index in [2.05, 4.69) is 31.9 Å². The Labute approximate surface area is 347 Å². The van der Waals surface area contributed by atoms with Crippen LogP contribution in [0, 0.1) is 29.6 Å². The average molecular weight is 830 g/mol. The van der Waals surface area contributed by atoms with E-state index in [1.165, 1.54) is 6.92 Å². The minimum atomic E-state index is -1.34. The number of rotatable bonds is 31. The van der Waals surface area contributed by atoms with E-state index in [1.807, 2.05) is 69.2 Å². The molecule has 10 N–H and O–H groups in total. The fraction of sp³-hybridized carbons (Fsp3) is 0.854. The highest BCUT2D eigenvalue weighted by atomic mass is 16.5. The number of amides is 6. The molecular weight excluding hydrogens is 750 g/mol. The normalized spacial score (nSPS) is 15.8. The molecule has 0 heterocycles. The van der Waals surface area contributed by atoms with Crippen molar-refractivity contribution in [3.8, 4) is 0 Å². The van der Waals surface area contributed by atoms with E-state index < -0.39 is 78.4 Å². The molecule has 0 rings (SSSR count). The van der Waals surface area contributed by atoms with Gasteiger partial charge in [0.2, 0.25) is 35.4 Å². The third kappa shape index (κ3) is 23.9. The van der Waals surface area contributed by atoms with Crippen LogP contribution in [0.25, 0.3) is 0 Å². The van der Waals surface area contributed by atoms with Crippen molar-refractivity contribution >= 4 is 35.4 Å². The molecule has 8 unspecified atom stereocenters. The predicted octanol–water partition coefficient (Wildman–Crippen LogP) is 0.881. The van der Waals surface area contributed by atoms with Crippen molar-refractivity contribution in [1.29, 1.82) is 0 Å². The van der Waals surface area contributed by atoms with E-state index in [0.717, 1.165) is 0 Å². The Morgan fingerprint density at radius 1 is 0.552 bits per heavy atom. The van der Waals surface area contributed by atoms with Crippen LogP contribution >= 0.6 is 0 Å². The van der Waals surface area contributed by atoms with Crippen molar-refractivity contribution < 1.29 is 48.5 Å². The van der Waals surface area contributed by atoms with E-state index in [9.17, 15) is 39.0 Å². The van der Waals surface area contributed by atoms with E-state index in [0.29, 0.717) is 45.6 Å². The molecule has 0 saturated heterocycles. The molecule has 0 aromatic heterocycles. The third-order valence-electron chi connectivity index (χ3n) is 9.45. The van der Waals surface area contributed by atoms with Gasteiger partial charge in [-0.3, -0.25) is 28.8 Å². The summed E-state index contributed by atoms with van der Waals surface area (Å²) in [6, 6.07) is -4.54. The lowest BCUT2D eigenvalue weighted by molar-refractivity contribution is -0.135. The highest BCUT2D eigenvalue weighted by Gasteiger charge is 2.34. The van der Waals surface area contributed by atoms with Gasteiger partial charge in [0.25, 0.3) is 0 Å². The smallest absolute Gasteiger partial charge is 0.243 e. The second kappa shape index (κ2) is 29.8. The van der Waals surface area contributed by atoms with Gasteiger partial charge in [0.1, 0.15) is 18.1 Å². The molecule has 0 aliphatic rings. The fourth-order valence-corrected chi connectivity index (χ4v) is 6.07. The van der Waals surface area contributed by atoms with Crippen molar-refractivity contribution in [3.05, 3.63) is 0 Å². The molecule has 17 heteroatoms. The number of aliphatic hydroxyl groups is 2. The maximum absolute atomic E-state index is 13.8. The van der Waals surface area contributed by atoms with Gasteiger partial charge in [-0.05, 0) is 49.4 Å². The number of ether oxygens (including phenoxy) is 2. The maximum atomic E-state index is 13.8. The van der Waals surface area contributed by atoms with Crippen molar-refractivity contribution in [2.24, 2.45) is 35.3 Å². The molecule has 0 saturated carbocycles. The molecular formula is C41H79N7O10. The zero-order chi connectivity index (χ0) is 44.5. The molecule has 0 spiro atoms. The number of carbonyl (C=O) groups is 6. The first-order valence-corrected chi connectivity index (χ1v) is 21.1. The van der Waals surface area contributed by atoms with Gasteiger partial charge in [-0.15, -0.1) is 0 Å². The Hall–Kier alpha value is -3.38. The van der Waals surface area contributed by atoms with Crippen LogP contribution in [0.4, 0.5) is 0 Å². The molecule has 0 aromatic rings. The summed E-state index contributed by atoms with van der Waals surface area (Å²) in [6.45, 7) is 22.3. The second-order valence-corrected chi connectivity index (χ2v) is 16.9. The molecule has 0 radical (unpaired) electrons. The zero-order valence-corrected chi connectivity index (χ0v) is 37.2. The Balaban J connectivity index is 5.52. The minimum Gasteiger partial charge on any atom is -0.390 e. The zero-order valence-electron chi connectivity index (χ0n) is 37.2. The van der Waals surface area contributed by atoms with Crippen molar-refractivity contribution in [1.82, 2.24) is 31.9 Å². The largest absolute Gasteiger partial charge is 0.390 e. The van der Waals surface area contributed by atoms with Gasteiger partial charge in [-0.25, -0.2) is 0 Å². The number of nitrogens with two attached hydrogens (primary N) is 1. The topological polar surface area (TPSA) is 260 Å². The van der Waals surface area contributed by atoms with Crippen LogP contribution in [0.5, 0.6) is 0 Å². The lowest BCUT2D eigenvalue weighted by Gasteiger charge is -2.31. The SMILES string of the molecule is CCC(C)C(NC(=O)C(NC(=O)CC(C)C)C(C)C)C(=O)NC(CC(C)C)C(O)CC(=O)NC(C)C(=O)NC(CC(C)C)C(O)CC(=O)NCCOCCOCCN. The summed E-state index contributed by atoms with van der Waals surface area (Å²) >= 11 is 0. The van der Waals surface area contributed by atoms with Gasteiger partial charge < -0.3 is 57.3 Å². The van der Waals surface area contributed by atoms with Gasteiger partial charge in [0.15, 0.2) is 0 Å². The third-order valence-corrected chi connectivity index (χ3v) is 9.45. The summed E-state index contributed by atoms with van der Waals surface area (Å²) in [5.41, 5.74) is 5.36. The Bertz CT molecular complexity index is 1240. The van der Waals surface area contributed by atoms with Gasteiger partial charge in [0.05, 0.1) is 63.6 Å². The molecule has 0 aromatic carbocycles. The lowest BCUT2D eigenvalue weighted by atomic mass is 9.93. The highest BCUT2D eigenvalue weighted by Crippen LogP contribution is 2.16. The summed E-state index contributed by atoms with van der Waals surface area (Å²) in [7, 11) is 0. The first-order valence-electron chi connectivity index (χ1n) is 21.1. The Kier molecular flexibility index (Phi) is 28.0. The second-order valence-electron chi connectivity index (χ2n) is 16.9. The summed E-state index contributed by atoms with van der Waals surface area (Å²) in [4.78, 5) is 78.6. The number of carbonyl (C=O) groups excluding carboxylic acids is 6. The van der Waals surface area contributed by atoms with Gasteiger partial charge >= 0.3 is 0 Å². The first kappa shape index (κ1) is 54.6. The van der Waals surface area contributed by atoms with Crippen LogP contribution in [0.1, 0.15) is 115 Å². The minimum absolute atomic E-state index is 0.0113. The number of nitrogens with one attached hydrogen (secondary N) is 6. The number of hydrogen-bond donors (Lipinski definition) is 9. The molecule has 338 valence electrons. The fourth-order valence-electron chi connectivity index (χ4n) is 6.07. The van der Waals surface area contributed by atoms with Crippen LogP contribution in [-0.4, -0.2) is 128 Å². The molecule has 8 atom stereocenters. The molecule has 6 amide bonds. The molecule has 0 bridgehead atoms. The number of aliphatic hydroxyl groups excluding tert-OH is 2. The van der Waals surface area contributed by atoms with E-state index in [-0.39, 0.29) is 61.5 Å². The summed E-state index contributed by atoms with van der Waals surface area (Å²) < 4.78 is 10.6. The lowest BCUT2D eigenvalue weighted by Crippen LogP contribution is -2.59. The molecule has 0 fully saturated rings. The van der Waals surface area contributed by atoms with Gasteiger partial charge in [0, 0.05) is 19.5 Å². The molecule has 0 aliphatic heterocycles. The average Bonchev–Trinajstić information content (AvgIpc) is 3.11. The Morgan fingerprint density at radius 2 is 1.03 bits per heavy atom. The molecule has 17 nitrogen and oxygen atoms in total. The van der Waals surface area contributed by atoms with Crippen LogP contribution < -0.4 is 37.6 Å². The first-order chi connectivity index (χ1) is 27.1. The van der Waals surface area contributed by atoms with Crippen molar-refractivity contribution in [2.75, 3.05) is 39.5 Å².